The van der Waals surface area contributed by atoms with Crippen molar-refractivity contribution in [3.05, 3.63) is 78.5 Å². The smallest absolute Gasteiger partial charge is 0.0725 e. The highest BCUT2D eigenvalue weighted by Crippen LogP contribution is 2.23. The Labute approximate surface area is 166 Å². The van der Waals surface area contributed by atoms with Gasteiger partial charge in [0.25, 0.3) is 0 Å². The first-order valence-corrected chi connectivity index (χ1v) is 9.83. The molecule has 4 nitrogen and oxygen atoms in total. The van der Waals surface area contributed by atoms with Crippen LogP contribution in [0.2, 0.25) is 0 Å². The third-order valence-electron chi connectivity index (χ3n) is 4.92. The van der Waals surface area contributed by atoms with Crippen molar-refractivity contribution in [1.29, 1.82) is 0 Å². The van der Waals surface area contributed by atoms with E-state index >= 15 is 0 Å². The minimum absolute atomic E-state index is 0.876. The van der Waals surface area contributed by atoms with E-state index in [1.54, 1.807) is 0 Å². The zero-order chi connectivity index (χ0) is 19.2. The summed E-state index contributed by atoms with van der Waals surface area (Å²) < 4.78 is 0. The molecule has 28 heavy (non-hydrogen) atoms. The first-order chi connectivity index (χ1) is 13.8. The molecule has 0 radical (unpaired) electrons. The minimum Gasteiger partial charge on any atom is -0.383 e. The molecule has 4 rings (SSSR count). The topological polar surface area (TPSA) is 49.0 Å². The van der Waals surface area contributed by atoms with Gasteiger partial charge in [0, 0.05) is 54.5 Å². The molecule has 0 atom stereocenters. The van der Waals surface area contributed by atoms with E-state index in [9.17, 15) is 0 Å². The number of fused-ring (bicyclic) bond motifs is 2. The summed E-state index contributed by atoms with van der Waals surface area (Å²) in [5.41, 5.74) is 4.60. The van der Waals surface area contributed by atoms with Crippen LogP contribution in [0.15, 0.2) is 72.9 Å². The van der Waals surface area contributed by atoms with Crippen LogP contribution in [0.25, 0.3) is 21.7 Å². The van der Waals surface area contributed by atoms with Crippen molar-refractivity contribution in [3.8, 4) is 0 Å². The summed E-state index contributed by atoms with van der Waals surface area (Å²) in [4.78, 5) is 4.46. The summed E-state index contributed by atoms with van der Waals surface area (Å²) in [7, 11) is 0. The van der Waals surface area contributed by atoms with Crippen molar-refractivity contribution in [2.75, 3.05) is 36.8 Å². The molecule has 0 fully saturated rings. The van der Waals surface area contributed by atoms with E-state index < -0.39 is 0 Å². The van der Waals surface area contributed by atoms with E-state index in [1.807, 2.05) is 12.3 Å². The van der Waals surface area contributed by atoms with Crippen LogP contribution in [0, 0.1) is 6.92 Å². The molecule has 3 N–H and O–H groups in total. The highest BCUT2D eigenvalue weighted by molar-refractivity contribution is 5.93. The molecule has 4 aromatic rings. The number of nitrogens with zero attached hydrogens (tertiary/aromatic N) is 1. The van der Waals surface area contributed by atoms with E-state index in [-0.39, 0.29) is 0 Å². The van der Waals surface area contributed by atoms with Gasteiger partial charge in [0.1, 0.15) is 0 Å². The van der Waals surface area contributed by atoms with Gasteiger partial charge in [-0.2, -0.15) is 0 Å². The van der Waals surface area contributed by atoms with Gasteiger partial charge in [-0.15, -0.1) is 0 Å². The lowest BCUT2D eigenvalue weighted by molar-refractivity contribution is 0.719. The van der Waals surface area contributed by atoms with Gasteiger partial charge in [0.2, 0.25) is 0 Å². The van der Waals surface area contributed by atoms with Crippen molar-refractivity contribution in [2.24, 2.45) is 0 Å². The van der Waals surface area contributed by atoms with Crippen LogP contribution in [-0.4, -0.2) is 31.2 Å². The van der Waals surface area contributed by atoms with Gasteiger partial charge in [-0.1, -0.05) is 48.5 Å². The number of anilines is 2. The monoisotopic (exact) mass is 370 g/mol. The fraction of sp³-hybridized carbons (Fsp3) is 0.208. The quantitative estimate of drug-likeness (QED) is 0.390. The van der Waals surface area contributed by atoms with Crippen LogP contribution in [0.3, 0.4) is 0 Å². The van der Waals surface area contributed by atoms with Gasteiger partial charge >= 0.3 is 0 Å². The molecule has 0 bridgehead atoms. The molecule has 0 saturated carbocycles. The second-order valence-electron chi connectivity index (χ2n) is 7.01. The van der Waals surface area contributed by atoms with Crippen molar-refractivity contribution in [2.45, 2.75) is 6.92 Å². The van der Waals surface area contributed by atoms with Crippen LogP contribution in [-0.2, 0) is 0 Å². The van der Waals surface area contributed by atoms with E-state index in [0.717, 1.165) is 37.4 Å². The molecule has 0 spiro atoms. The van der Waals surface area contributed by atoms with Gasteiger partial charge in [-0.25, -0.2) is 0 Å². The van der Waals surface area contributed by atoms with E-state index in [2.05, 4.69) is 88.5 Å². The van der Waals surface area contributed by atoms with Crippen LogP contribution in [0.4, 0.5) is 11.4 Å². The number of hydrogen-bond donors (Lipinski definition) is 3. The lowest BCUT2D eigenvalue weighted by Crippen LogP contribution is -2.27. The maximum Gasteiger partial charge on any atom is 0.0725 e. The molecule has 1 aromatic heterocycles. The molecular formula is C24H26N4. The number of aryl methyl sites for hydroxylation is 1. The maximum absolute atomic E-state index is 4.46. The molecule has 0 saturated heterocycles. The molecule has 0 unspecified atom stereocenters. The predicted octanol–water partition coefficient (Wildman–Crippen LogP) is 4.81. The Balaban J connectivity index is 1.23. The standard InChI is InChI=1S/C24H26N4/c1-18-9-10-21-23(11-12-26-24(21)17-18)28-16-14-25-13-15-27-22-8-4-6-19-5-2-3-7-20(19)22/h2-12,17,25,27H,13-16H2,1H3,(H,26,28). The van der Waals surface area contributed by atoms with Crippen LogP contribution >= 0.6 is 0 Å². The Kier molecular flexibility index (Phi) is 5.69. The molecule has 0 aliphatic rings. The first-order valence-electron chi connectivity index (χ1n) is 9.83. The first kappa shape index (κ1) is 18.3. The summed E-state index contributed by atoms with van der Waals surface area (Å²) >= 11 is 0. The number of nitrogens with one attached hydrogen (secondary N) is 3. The molecule has 1 heterocycles. The molecule has 0 aliphatic heterocycles. The number of hydrogen-bond acceptors (Lipinski definition) is 4. The van der Waals surface area contributed by atoms with Crippen LogP contribution < -0.4 is 16.0 Å². The Morgan fingerprint density at radius 1 is 0.714 bits per heavy atom. The molecule has 0 amide bonds. The highest BCUT2D eigenvalue weighted by Gasteiger charge is 2.02. The van der Waals surface area contributed by atoms with Crippen molar-refractivity contribution < 1.29 is 0 Å². The minimum atomic E-state index is 0.876. The largest absolute Gasteiger partial charge is 0.383 e. The lowest BCUT2D eigenvalue weighted by atomic mass is 10.1. The third kappa shape index (κ3) is 4.24. The van der Waals surface area contributed by atoms with Gasteiger partial charge in [-0.3, -0.25) is 4.98 Å². The summed E-state index contributed by atoms with van der Waals surface area (Å²) in [6.07, 6.45) is 1.87. The Morgan fingerprint density at radius 2 is 1.46 bits per heavy atom. The fourth-order valence-electron chi connectivity index (χ4n) is 3.49. The van der Waals surface area contributed by atoms with Crippen LogP contribution in [0.5, 0.6) is 0 Å². The van der Waals surface area contributed by atoms with Gasteiger partial charge in [0.15, 0.2) is 0 Å². The zero-order valence-electron chi connectivity index (χ0n) is 16.2. The number of pyridine rings is 1. The summed E-state index contributed by atoms with van der Waals surface area (Å²) in [6.45, 7) is 5.69. The zero-order valence-corrected chi connectivity index (χ0v) is 16.2. The van der Waals surface area contributed by atoms with E-state index in [1.165, 1.54) is 27.4 Å². The second kappa shape index (κ2) is 8.72. The number of rotatable bonds is 8. The molecular weight excluding hydrogens is 344 g/mol. The molecule has 142 valence electrons. The average Bonchev–Trinajstić information content (AvgIpc) is 2.73. The third-order valence-corrected chi connectivity index (χ3v) is 4.92. The van der Waals surface area contributed by atoms with Crippen molar-refractivity contribution in [3.63, 3.8) is 0 Å². The Morgan fingerprint density at radius 3 is 2.32 bits per heavy atom. The fourth-order valence-corrected chi connectivity index (χ4v) is 3.49. The molecule has 3 aromatic carbocycles. The van der Waals surface area contributed by atoms with Crippen molar-refractivity contribution >= 4 is 33.1 Å². The predicted molar refractivity (Wildman–Crippen MR) is 120 cm³/mol. The lowest BCUT2D eigenvalue weighted by Gasteiger charge is -2.12. The molecule has 4 heteroatoms. The summed E-state index contributed by atoms with van der Waals surface area (Å²) in [5.74, 6) is 0. The van der Waals surface area contributed by atoms with Crippen LogP contribution in [0.1, 0.15) is 5.56 Å². The van der Waals surface area contributed by atoms with Crippen molar-refractivity contribution in [1.82, 2.24) is 10.3 Å². The van der Waals surface area contributed by atoms with E-state index in [0.29, 0.717) is 0 Å². The van der Waals surface area contributed by atoms with E-state index in [4.69, 9.17) is 0 Å². The van der Waals surface area contributed by atoms with Gasteiger partial charge < -0.3 is 16.0 Å². The normalized spacial score (nSPS) is 11.0. The SMILES string of the molecule is Cc1ccc2c(NCCNCCNc3cccc4ccccc34)ccnc2c1. The number of aromatic nitrogens is 1. The van der Waals surface area contributed by atoms with Gasteiger partial charge in [0.05, 0.1) is 5.52 Å². The summed E-state index contributed by atoms with van der Waals surface area (Å²) in [5, 5.41) is 14.3. The number of benzene rings is 3. The second-order valence-corrected chi connectivity index (χ2v) is 7.01. The maximum atomic E-state index is 4.46. The highest BCUT2D eigenvalue weighted by atomic mass is 15.0. The van der Waals surface area contributed by atoms with Gasteiger partial charge in [-0.05, 0) is 36.1 Å². The Hall–Kier alpha value is -3.11. The summed E-state index contributed by atoms with van der Waals surface area (Å²) in [6, 6.07) is 23.3. The molecule has 0 aliphatic carbocycles. The average molecular weight is 371 g/mol. The Bertz CT molecular complexity index is 1070.